The molecule has 2 aliphatic heterocycles. The van der Waals surface area contributed by atoms with E-state index in [1.807, 2.05) is 26.0 Å². The number of rotatable bonds is 13. The molecule has 0 aliphatic carbocycles. The molecule has 3 amide bonds. The largest absolute Gasteiger partial charge is 0.494 e. The van der Waals surface area contributed by atoms with E-state index in [-0.39, 0.29) is 48.5 Å². The number of methoxy groups -OCH3 is 1. The topological polar surface area (TPSA) is 150 Å². The van der Waals surface area contributed by atoms with E-state index in [0.717, 1.165) is 44.1 Å². The summed E-state index contributed by atoms with van der Waals surface area (Å²) >= 11 is 0. The average molecular weight is 683 g/mol. The highest BCUT2D eigenvalue weighted by Crippen LogP contribution is 2.34. The lowest BCUT2D eigenvalue weighted by Gasteiger charge is -2.28. The van der Waals surface area contributed by atoms with Gasteiger partial charge in [0, 0.05) is 55.4 Å². The van der Waals surface area contributed by atoms with E-state index in [1.54, 1.807) is 24.1 Å². The van der Waals surface area contributed by atoms with Crippen LogP contribution < -0.4 is 30.9 Å². The lowest BCUT2D eigenvalue weighted by molar-refractivity contribution is -0.136. The van der Waals surface area contributed by atoms with Gasteiger partial charge in [0.15, 0.2) is 0 Å². The number of carbonyl (C=O) groups excluding carboxylic acids is 3. The number of likely N-dealkylation sites (N-methyl/N-ethyl adjacent to an activating group) is 1. The minimum Gasteiger partial charge on any atom is -0.494 e. The highest BCUT2D eigenvalue weighted by Gasteiger charge is 2.34. The van der Waals surface area contributed by atoms with Crippen LogP contribution in [0, 0.1) is 5.92 Å². The number of fused-ring (bicyclic) bond motifs is 1. The highest BCUT2D eigenvalue weighted by atomic mass is 35.5. The monoisotopic (exact) mass is 682 g/mol. The van der Waals surface area contributed by atoms with Crippen molar-refractivity contribution >= 4 is 63.9 Å². The SMILES string of the molecule is CN[C@H](C(=O)NCCCC(=O)N1CCC[C@H]1C(=O)Nc1cc2c(Nc3ccc(N4CCOCC4)cc3)ncnc2cc1OC)C(C)C.Cl. The Balaban J connectivity index is 0.00000520. The van der Waals surface area contributed by atoms with Crippen molar-refractivity contribution in [3.63, 3.8) is 0 Å². The van der Waals surface area contributed by atoms with Crippen molar-refractivity contribution in [2.45, 2.75) is 51.6 Å². The Morgan fingerprint density at radius 1 is 1.06 bits per heavy atom. The minimum absolute atomic E-state index is 0. The van der Waals surface area contributed by atoms with Crippen LogP contribution >= 0.6 is 12.4 Å². The van der Waals surface area contributed by atoms with Crippen LogP contribution in [0.15, 0.2) is 42.7 Å². The molecule has 4 N–H and O–H groups in total. The molecule has 260 valence electrons. The van der Waals surface area contributed by atoms with Crippen LogP contribution in [0.5, 0.6) is 5.75 Å². The molecule has 0 bridgehead atoms. The first kappa shape index (κ1) is 36.6. The van der Waals surface area contributed by atoms with E-state index in [0.29, 0.717) is 54.1 Å². The summed E-state index contributed by atoms with van der Waals surface area (Å²) < 4.78 is 11.1. The molecule has 2 fully saturated rings. The number of hydrogen-bond donors (Lipinski definition) is 4. The van der Waals surface area contributed by atoms with E-state index in [1.165, 1.54) is 13.4 Å². The molecule has 0 radical (unpaired) electrons. The molecule has 0 unspecified atom stereocenters. The Hall–Kier alpha value is -4.20. The molecule has 2 saturated heterocycles. The van der Waals surface area contributed by atoms with E-state index >= 15 is 0 Å². The predicted molar refractivity (Wildman–Crippen MR) is 189 cm³/mol. The summed E-state index contributed by atoms with van der Waals surface area (Å²) in [6, 6.07) is 10.9. The number of nitrogens with zero attached hydrogens (tertiary/aromatic N) is 4. The third-order valence-electron chi connectivity index (χ3n) is 8.72. The fraction of sp³-hybridized carbons (Fsp3) is 0.500. The number of halogens is 1. The molecule has 14 heteroatoms. The Kier molecular flexibility index (Phi) is 13.2. The highest BCUT2D eigenvalue weighted by molar-refractivity contribution is 6.02. The van der Waals surface area contributed by atoms with Crippen molar-refractivity contribution in [1.29, 1.82) is 0 Å². The summed E-state index contributed by atoms with van der Waals surface area (Å²) in [5.74, 6) is 0.740. The van der Waals surface area contributed by atoms with Crippen LogP contribution in [-0.2, 0) is 19.1 Å². The molecular formula is C34H47ClN8O5. The average Bonchev–Trinajstić information content (AvgIpc) is 3.58. The number of carbonyl (C=O) groups is 3. The predicted octanol–water partition coefficient (Wildman–Crippen LogP) is 3.71. The summed E-state index contributed by atoms with van der Waals surface area (Å²) in [4.78, 5) is 52.0. The summed E-state index contributed by atoms with van der Waals surface area (Å²) in [5.41, 5.74) is 3.12. The number of aromatic nitrogens is 2. The van der Waals surface area contributed by atoms with E-state index < -0.39 is 6.04 Å². The molecule has 3 heterocycles. The van der Waals surface area contributed by atoms with Crippen molar-refractivity contribution in [2.75, 3.05) is 69.1 Å². The molecule has 0 spiro atoms. The summed E-state index contributed by atoms with van der Waals surface area (Å²) in [6.07, 6.45) is 3.53. The molecule has 3 aromatic rings. The Bertz CT molecular complexity index is 1550. The van der Waals surface area contributed by atoms with Crippen LogP contribution in [-0.4, -0.2) is 98.2 Å². The molecule has 1 aromatic heterocycles. The van der Waals surface area contributed by atoms with Gasteiger partial charge in [-0.25, -0.2) is 9.97 Å². The van der Waals surface area contributed by atoms with Crippen molar-refractivity contribution in [2.24, 2.45) is 5.92 Å². The van der Waals surface area contributed by atoms with Crippen LogP contribution in [0.1, 0.15) is 39.5 Å². The second-order valence-corrected chi connectivity index (χ2v) is 12.2. The maximum Gasteiger partial charge on any atom is 0.247 e. The minimum atomic E-state index is -0.596. The number of amides is 3. The number of nitrogens with one attached hydrogen (secondary N) is 4. The summed E-state index contributed by atoms with van der Waals surface area (Å²) in [5, 5.41) is 13.0. The van der Waals surface area contributed by atoms with Crippen LogP contribution in [0.3, 0.4) is 0 Å². The second-order valence-electron chi connectivity index (χ2n) is 12.2. The van der Waals surface area contributed by atoms with Crippen molar-refractivity contribution in [3.8, 4) is 5.75 Å². The van der Waals surface area contributed by atoms with E-state index in [4.69, 9.17) is 9.47 Å². The van der Waals surface area contributed by atoms with Gasteiger partial charge in [-0.05, 0) is 62.6 Å². The van der Waals surface area contributed by atoms with Gasteiger partial charge in [-0.2, -0.15) is 0 Å². The molecule has 2 atom stereocenters. The van der Waals surface area contributed by atoms with E-state index in [2.05, 4.69) is 48.3 Å². The first-order valence-corrected chi connectivity index (χ1v) is 16.4. The van der Waals surface area contributed by atoms with Crippen molar-refractivity contribution in [1.82, 2.24) is 25.5 Å². The summed E-state index contributed by atoms with van der Waals surface area (Å²) in [7, 11) is 3.30. The zero-order valence-corrected chi connectivity index (χ0v) is 28.9. The lowest BCUT2D eigenvalue weighted by Crippen LogP contribution is -2.46. The Labute approximate surface area is 287 Å². The fourth-order valence-electron chi connectivity index (χ4n) is 6.19. The van der Waals surface area contributed by atoms with Gasteiger partial charge in [-0.1, -0.05) is 13.8 Å². The second kappa shape index (κ2) is 17.3. The number of likely N-dealkylation sites (tertiary alicyclic amines) is 1. The quantitative estimate of drug-likeness (QED) is 0.197. The molecule has 13 nitrogen and oxygen atoms in total. The third-order valence-corrected chi connectivity index (χ3v) is 8.72. The van der Waals surface area contributed by atoms with Gasteiger partial charge in [-0.15, -0.1) is 12.4 Å². The van der Waals surface area contributed by atoms with Crippen molar-refractivity contribution in [3.05, 3.63) is 42.7 Å². The number of benzene rings is 2. The molecule has 2 aromatic carbocycles. The van der Waals surface area contributed by atoms with Crippen LogP contribution in [0.4, 0.5) is 22.9 Å². The maximum atomic E-state index is 13.6. The lowest BCUT2D eigenvalue weighted by atomic mass is 10.0. The van der Waals surface area contributed by atoms with Gasteiger partial charge >= 0.3 is 0 Å². The normalized spacial score (nSPS) is 16.7. The number of hydrogen-bond acceptors (Lipinski definition) is 10. The number of morpholine rings is 1. The zero-order valence-electron chi connectivity index (χ0n) is 28.1. The molecule has 48 heavy (non-hydrogen) atoms. The van der Waals surface area contributed by atoms with Crippen LogP contribution in [0.2, 0.25) is 0 Å². The number of ether oxygens (including phenoxy) is 2. The first-order valence-electron chi connectivity index (χ1n) is 16.4. The van der Waals surface area contributed by atoms with Gasteiger partial charge in [0.05, 0.1) is 37.6 Å². The van der Waals surface area contributed by atoms with Gasteiger partial charge in [-0.3, -0.25) is 14.4 Å². The summed E-state index contributed by atoms with van der Waals surface area (Å²) in [6.45, 7) is 8.04. The van der Waals surface area contributed by atoms with Crippen LogP contribution in [0.25, 0.3) is 10.9 Å². The third kappa shape index (κ3) is 8.82. The smallest absolute Gasteiger partial charge is 0.247 e. The molecule has 0 saturated carbocycles. The van der Waals surface area contributed by atoms with E-state index in [9.17, 15) is 14.4 Å². The first-order chi connectivity index (χ1) is 22.8. The molecular weight excluding hydrogens is 636 g/mol. The molecule has 5 rings (SSSR count). The Morgan fingerprint density at radius 3 is 2.50 bits per heavy atom. The van der Waals surface area contributed by atoms with Gasteiger partial charge in [0.1, 0.15) is 23.9 Å². The van der Waals surface area contributed by atoms with Crippen molar-refractivity contribution < 1.29 is 23.9 Å². The number of anilines is 4. The molecule has 2 aliphatic rings. The standard InChI is InChI=1S/C34H46N8O5.ClH/c1-22(2)31(35-3)34(45)36-13-5-8-30(43)42-14-6-7-28(42)33(44)40-27-19-25-26(20-29(27)46-4)37-21-38-32(25)39-23-9-11-24(12-10-23)41-15-17-47-18-16-41;/h9-12,19-22,28,31,35H,5-8,13-18H2,1-4H3,(H,36,45)(H,40,44)(H,37,38,39);1H/t28-,31-;/m0./s1. The van der Waals surface area contributed by atoms with Gasteiger partial charge in [0.25, 0.3) is 0 Å². The fourth-order valence-corrected chi connectivity index (χ4v) is 6.19. The maximum absolute atomic E-state index is 13.6. The Morgan fingerprint density at radius 2 is 1.81 bits per heavy atom. The van der Waals surface area contributed by atoms with Gasteiger partial charge < -0.3 is 40.5 Å². The zero-order chi connectivity index (χ0) is 33.3. The van der Waals surface area contributed by atoms with Gasteiger partial charge in [0.2, 0.25) is 17.7 Å².